The van der Waals surface area contributed by atoms with Gasteiger partial charge in [-0.15, -0.1) is 0 Å². The van der Waals surface area contributed by atoms with Crippen LogP contribution in [0.25, 0.3) is 0 Å². The quantitative estimate of drug-likeness (QED) is 0.692. The van der Waals surface area contributed by atoms with Gasteiger partial charge in [0.15, 0.2) is 0 Å². The van der Waals surface area contributed by atoms with Crippen molar-refractivity contribution in [3.63, 3.8) is 0 Å². The van der Waals surface area contributed by atoms with Gasteiger partial charge in [-0.1, -0.05) is 32.9 Å². The summed E-state index contributed by atoms with van der Waals surface area (Å²) in [6.07, 6.45) is 2.88. The van der Waals surface area contributed by atoms with Crippen LogP contribution in [0, 0.1) is 29.1 Å². The number of ether oxygens (including phenoxy) is 1. The highest BCUT2D eigenvalue weighted by Gasteiger charge is 2.62. The molecule has 2 fully saturated rings. The van der Waals surface area contributed by atoms with E-state index in [0.29, 0.717) is 0 Å². The summed E-state index contributed by atoms with van der Waals surface area (Å²) in [4.78, 5) is 51.6. The Morgan fingerprint density at radius 3 is 2.24 bits per heavy atom. The van der Waals surface area contributed by atoms with Gasteiger partial charge in [0.1, 0.15) is 23.5 Å². The Hall–Kier alpha value is -2.38. The lowest BCUT2D eigenvalue weighted by molar-refractivity contribution is -0.152. The van der Waals surface area contributed by atoms with Crippen LogP contribution < -0.4 is 5.32 Å². The maximum absolute atomic E-state index is 13.4. The summed E-state index contributed by atoms with van der Waals surface area (Å²) in [5.74, 6) is -2.91. The Labute approximate surface area is 170 Å². The summed E-state index contributed by atoms with van der Waals surface area (Å²) < 4.78 is 5.29. The molecule has 0 unspecified atom stereocenters. The number of nitrogens with zero attached hydrogens (tertiary/aromatic N) is 1. The smallest absolute Gasteiger partial charge is 0.408 e. The van der Waals surface area contributed by atoms with Gasteiger partial charge in [0.05, 0.1) is 0 Å². The fourth-order valence-electron chi connectivity index (χ4n) is 4.81. The molecule has 1 heterocycles. The van der Waals surface area contributed by atoms with Gasteiger partial charge < -0.3 is 20.1 Å². The minimum Gasteiger partial charge on any atom is -0.480 e. The monoisotopic (exact) mass is 406 g/mol. The number of fused-ring (bicyclic) bond motifs is 5. The minimum absolute atomic E-state index is 0.0533. The van der Waals surface area contributed by atoms with Crippen LogP contribution in [0.5, 0.6) is 0 Å². The molecule has 160 valence electrons. The van der Waals surface area contributed by atoms with E-state index in [1.807, 2.05) is 6.08 Å². The van der Waals surface area contributed by atoms with Crippen molar-refractivity contribution in [1.82, 2.24) is 10.2 Å². The van der Waals surface area contributed by atoms with Gasteiger partial charge in [0, 0.05) is 24.3 Å². The third-order valence-electron chi connectivity index (χ3n) is 5.97. The number of aliphatic carboxylic acids is 1. The molecule has 8 nitrogen and oxygen atoms in total. The number of carboxylic acids is 1. The van der Waals surface area contributed by atoms with E-state index in [0.717, 1.165) is 0 Å². The number of alkyl carbamates (subject to hydrolysis) is 1. The van der Waals surface area contributed by atoms with Gasteiger partial charge in [0.25, 0.3) is 0 Å². The molecule has 0 spiro atoms. The SMILES string of the molecule is CC(C)(C)OC(=O)N[C@H](C(=O)N1C[C@H]2[C@@H]([C@H]1C(=O)O)[C@H]1C=C[C@@H]2C1=O)C(C)(C)C. The number of likely N-dealkylation sites (tertiary alicyclic amines) is 1. The zero-order chi connectivity index (χ0) is 21.9. The number of nitrogens with one attached hydrogen (secondary N) is 1. The van der Waals surface area contributed by atoms with Crippen molar-refractivity contribution < 1.29 is 29.0 Å². The molecule has 29 heavy (non-hydrogen) atoms. The Bertz CT molecular complexity index is 775. The normalized spacial score (nSPS) is 31.6. The van der Waals surface area contributed by atoms with Crippen LogP contribution in [-0.4, -0.2) is 58.0 Å². The van der Waals surface area contributed by atoms with Gasteiger partial charge >= 0.3 is 12.1 Å². The lowest BCUT2D eigenvalue weighted by atomic mass is 9.82. The first-order valence-electron chi connectivity index (χ1n) is 9.97. The molecule has 3 rings (SSSR count). The molecule has 0 radical (unpaired) electrons. The van der Waals surface area contributed by atoms with Crippen molar-refractivity contribution in [2.24, 2.45) is 29.1 Å². The molecule has 0 aromatic heterocycles. The molecule has 0 aromatic carbocycles. The molecule has 2 bridgehead atoms. The molecule has 2 aliphatic carbocycles. The maximum Gasteiger partial charge on any atom is 0.408 e. The van der Waals surface area contributed by atoms with E-state index in [4.69, 9.17) is 4.74 Å². The van der Waals surface area contributed by atoms with Gasteiger partial charge in [-0.05, 0) is 32.1 Å². The van der Waals surface area contributed by atoms with Crippen LogP contribution in [0.15, 0.2) is 12.2 Å². The van der Waals surface area contributed by atoms with Crippen LogP contribution in [0.3, 0.4) is 0 Å². The molecule has 1 saturated carbocycles. The number of carbonyl (C=O) groups excluding carboxylic acids is 3. The maximum atomic E-state index is 13.4. The first-order valence-corrected chi connectivity index (χ1v) is 9.97. The van der Waals surface area contributed by atoms with E-state index in [9.17, 15) is 24.3 Å². The number of amides is 2. The molecule has 3 aliphatic rings. The number of Topliss-reactive ketones (excluding diaryl/α,β-unsaturated/α-hetero) is 1. The van der Waals surface area contributed by atoms with E-state index in [1.54, 1.807) is 47.6 Å². The van der Waals surface area contributed by atoms with E-state index < -0.39 is 52.9 Å². The third kappa shape index (κ3) is 3.76. The van der Waals surface area contributed by atoms with Crippen molar-refractivity contribution >= 4 is 23.8 Å². The van der Waals surface area contributed by atoms with E-state index in [-0.39, 0.29) is 24.2 Å². The number of hydrogen-bond acceptors (Lipinski definition) is 5. The lowest BCUT2D eigenvalue weighted by Gasteiger charge is -2.36. The average Bonchev–Trinajstić information content (AvgIpc) is 3.17. The van der Waals surface area contributed by atoms with Gasteiger partial charge in [-0.3, -0.25) is 9.59 Å². The van der Waals surface area contributed by atoms with Crippen molar-refractivity contribution in [3.05, 3.63) is 12.2 Å². The number of carbonyl (C=O) groups is 4. The zero-order valence-corrected chi connectivity index (χ0v) is 17.8. The van der Waals surface area contributed by atoms with E-state index >= 15 is 0 Å². The summed E-state index contributed by atoms with van der Waals surface area (Å²) in [6.45, 7) is 10.8. The second kappa shape index (κ2) is 6.85. The molecule has 6 atom stereocenters. The third-order valence-corrected chi connectivity index (χ3v) is 5.97. The molecule has 0 aromatic rings. The Morgan fingerprint density at radius 2 is 1.72 bits per heavy atom. The van der Waals surface area contributed by atoms with Crippen LogP contribution in [0.4, 0.5) is 4.79 Å². The van der Waals surface area contributed by atoms with Gasteiger partial charge in [0.2, 0.25) is 5.91 Å². The van der Waals surface area contributed by atoms with Crippen molar-refractivity contribution in [2.45, 2.75) is 59.2 Å². The summed E-state index contributed by atoms with van der Waals surface area (Å²) >= 11 is 0. The highest BCUT2D eigenvalue weighted by Crippen LogP contribution is 2.52. The minimum atomic E-state index is -1.12. The predicted molar refractivity (Wildman–Crippen MR) is 104 cm³/mol. The topological polar surface area (TPSA) is 113 Å². The second-order valence-electron chi connectivity index (χ2n) is 10.3. The summed E-state index contributed by atoms with van der Waals surface area (Å²) in [6, 6.07) is -2.04. The Balaban J connectivity index is 1.85. The molecule has 8 heteroatoms. The molecule has 1 saturated heterocycles. The number of hydrogen-bond donors (Lipinski definition) is 2. The van der Waals surface area contributed by atoms with Crippen LogP contribution in [-0.2, 0) is 19.1 Å². The fourth-order valence-corrected chi connectivity index (χ4v) is 4.81. The Morgan fingerprint density at radius 1 is 1.14 bits per heavy atom. The standard InChI is InChI=1S/C21H30N2O6/c1-20(2,3)16(22-19(28)29-21(4,5)6)17(25)23-9-12-10-7-8-11(15(10)24)13(12)14(23)18(26)27/h7-8,10-14,16H,9H2,1-6H3,(H,22,28)(H,26,27)/t10-,11+,12+,13-,14-,16+/m0/s1. The highest BCUT2D eigenvalue weighted by molar-refractivity contribution is 5.96. The van der Waals surface area contributed by atoms with E-state index in [1.165, 1.54) is 4.90 Å². The predicted octanol–water partition coefficient (Wildman–Crippen LogP) is 1.84. The number of allylic oxidation sites excluding steroid dienone is 2. The molecule has 2 amide bonds. The molecule has 2 N–H and O–H groups in total. The van der Waals surface area contributed by atoms with Crippen LogP contribution in [0.1, 0.15) is 41.5 Å². The fraction of sp³-hybridized carbons (Fsp3) is 0.714. The second-order valence-corrected chi connectivity index (χ2v) is 10.3. The van der Waals surface area contributed by atoms with Crippen LogP contribution in [0.2, 0.25) is 0 Å². The largest absolute Gasteiger partial charge is 0.480 e. The summed E-state index contributed by atoms with van der Waals surface area (Å²) in [5.41, 5.74) is -1.39. The zero-order valence-electron chi connectivity index (χ0n) is 17.8. The number of ketones is 1. The first kappa shape index (κ1) is 21.3. The van der Waals surface area contributed by atoms with Crippen molar-refractivity contribution in [2.75, 3.05) is 6.54 Å². The van der Waals surface area contributed by atoms with Gasteiger partial charge in [-0.25, -0.2) is 9.59 Å². The summed E-state index contributed by atoms with van der Waals surface area (Å²) in [5, 5.41) is 12.5. The molecular formula is C21H30N2O6. The van der Waals surface area contributed by atoms with Gasteiger partial charge in [-0.2, -0.15) is 0 Å². The van der Waals surface area contributed by atoms with Crippen LogP contribution >= 0.6 is 0 Å². The lowest BCUT2D eigenvalue weighted by Crippen LogP contribution is -2.58. The van der Waals surface area contributed by atoms with Crippen molar-refractivity contribution in [3.8, 4) is 0 Å². The number of rotatable bonds is 3. The van der Waals surface area contributed by atoms with E-state index in [2.05, 4.69) is 5.32 Å². The molecular weight excluding hydrogens is 376 g/mol. The Kier molecular flexibility index (Phi) is 5.04. The highest BCUT2D eigenvalue weighted by atomic mass is 16.6. The van der Waals surface area contributed by atoms with Crippen molar-refractivity contribution in [1.29, 1.82) is 0 Å². The number of carboxylic acid groups (broad SMARTS) is 1. The molecule has 1 aliphatic heterocycles. The summed E-state index contributed by atoms with van der Waals surface area (Å²) in [7, 11) is 0. The average molecular weight is 406 g/mol. The first-order chi connectivity index (χ1) is 13.2.